The van der Waals surface area contributed by atoms with Crippen molar-refractivity contribution in [1.82, 2.24) is 10.3 Å². The van der Waals surface area contributed by atoms with E-state index in [-0.39, 0.29) is 12.5 Å². The molecular formula is C12H18N2O2. The fraction of sp³-hybridized carbons (Fsp3) is 0.500. The summed E-state index contributed by atoms with van der Waals surface area (Å²) in [6, 6.07) is 4.97. The third-order valence-corrected chi connectivity index (χ3v) is 2.21. The van der Waals surface area contributed by atoms with Crippen LogP contribution in [-0.4, -0.2) is 22.6 Å². The lowest BCUT2D eigenvalue weighted by atomic mass is 9.95. The summed E-state index contributed by atoms with van der Waals surface area (Å²) in [7, 11) is 0. The summed E-state index contributed by atoms with van der Waals surface area (Å²) in [4.78, 5) is 15.9. The lowest BCUT2D eigenvalue weighted by molar-refractivity contribution is -0.129. The van der Waals surface area contributed by atoms with Gasteiger partial charge in [-0.25, -0.2) is 0 Å². The molecule has 0 aliphatic carbocycles. The van der Waals surface area contributed by atoms with E-state index in [9.17, 15) is 9.90 Å². The number of carbonyl (C=O) groups is 1. The molecule has 0 saturated heterocycles. The van der Waals surface area contributed by atoms with Crippen molar-refractivity contribution in [2.75, 3.05) is 6.61 Å². The van der Waals surface area contributed by atoms with Crippen LogP contribution in [0.4, 0.5) is 0 Å². The van der Waals surface area contributed by atoms with Crippen LogP contribution in [0.2, 0.25) is 0 Å². The monoisotopic (exact) mass is 222 g/mol. The van der Waals surface area contributed by atoms with E-state index < -0.39 is 11.5 Å². The summed E-state index contributed by atoms with van der Waals surface area (Å²) < 4.78 is 0. The molecule has 1 atom stereocenters. The first-order valence-electron chi connectivity index (χ1n) is 5.28. The second-order valence-electron chi connectivity index (χ2n) is 4.71. The molecule has 16 heavy (non-hydrogen) atoms. The van der Waals surface area contributed by atoms with E-state index in [4.69, 9.17) is 0 Å². The topological polar surface area (TPSA) is 62.2 Å². The van der Waals surface area contributed by atoms with Gasteiger partial charge in [0.1, 0.15) is 0 Å². The van der Waals surface area contributed by atoms with E-state index in [1.165, 1.54) is 0 Å². The first kappa shape index (κ1) is 12.6. The molecule has 0 fully saturated rings. The van der Waals surface area contributed by atoms with Crippen molar-refractivity contribution in [3.63, 3.8) is 0 Å². The van der Waals surface area contributed by atoms with Crippen molar-refractivity contribution in [3.05, 3.63) is 30.1 Å². The van der Waals surface area contributed by atoms with Crippen molar-refractivity contribution in [2.24, 2.45) is 5.41 Å². The molecule has 1 heterocycles. The van der Waals surface area contributed by atoms with Crippen LogP contribution in [0.15, 0.2) is 24.4 Å². The number of hydrogen-bond acceptors (Lipinski definition) is 3. The first-order valence-corrected chi connectivity index (χ1v) is 5.28. The van der Waals surface area contributed by atoms with Crippen LogP contribution in [0.3, 0.4) is 0 Å². The van der Waals surface area contributed by atoms with Gasteiger partial charge in [0.25, 0.3) is 0 Å². The molecule has 2 N–H and O–H groups in total. The largest absolute Gasteiger partial charge is 0.394 e. The van der Waals surface area contributed by atoms with Crippen LogP contribution in [0.1, 0.15) is 32.5 Å². The van der Waals surface area contributed by atoms with Crippen LogP contribution in [-0.2, 0) is 4.79 Å². The van der Waals surface area contributed by atoms with E-state index in [0.29, 0.717) is 5.69 Å². The molecule has 0 aliphatic heterocycles. The lowest BCUT2D eigenvalue weighted by Crippen LogP contribution is -2.39. The van der Waals surface area contributed by atoms with Gasteiger partial charge in [0.2, 0.25) is 5.91 Å². The van der Waals surface area contributed by atoms with E-state index in [1.54, 1.807) is 18.3 Å². The predicted octanol–water partition coefficient (Wildman–Crippen LogP) is 1.28. The molecule has 0 aliphatic rings. The number of aliphatic hydroxyl groups is 1. The quantitative estimate of drug-likeness (QED) is 0.809. The van der Waals surface area contributed by atoms with Crippen LogP contribution < -0.4 is 5.32 Å². The van der Waals surface area contributed by atoms with Crippen molar-refractivity contribution >= 4 is 5.91 Å². The highest BCUT2D eigenvalue weighted by Crippen LogP contribution is 2.16. The molecule has 0 saturated carbocycles. The summed E-state index contributed by atoms with van der Waals surface area (Å²) >= 11 is 0. The molecule has 0 aromatic carbocycles. The molecule has 4 nitrogen and oxygen atoms in total. The van der Waals surface area contributed by atoms with Crippen molar-refractivity contribution in [1.29, 1.82) is 0 Å². The zero-order valence-electron chi connectivity index (χ0n) is 9.90. The molecular weight excluding hydrogens is 204 g/mol. The van der Waals surface area contributed by atoms with Gasteiger partial charge in [-0.3, -0.25) is 9.78 Å². The van der Waals surface area contributed by atoms with Gasteiger partial charge in [0, 0.05) is 11.6 Å². The van der Waals surface area contributed by atoms with E-state index >= 15 is 0 Å². The normalized spacial score (nSPS) is 13.2. The number of hydrogen-bond donors (Lipinski definition) is 2. The smallest absolute Gasteiger partial charge is 0.225 e. The van der Waals surface area contributed by atoms with Crippen molar-refractivity contribution in [2.45, 2.75) is 26.8 Å². The Bertz CT molecular complexity index is 344. The molecule has 1 aromatic rings. The number of nitrogens with zero attached hydrogens (tertiary/aromatic N) is 1. The average Bonchev–Trinajstić information content (AvgIpc) is 2.25. The number of pyridine rings is 1. The number of nitrogens with one attached hydrogen (secondary N) is 1. The molecule has 0 radical (unpaired) electrons. The SMILES string of the molecule is CC(C)(C)C(=O)NC(CO)c1ccccn1. The Kier molecular flexibility index (Phi) is 4.01. The lowest BCUT2D eigenvalue weighted by Gasteiger charge is -2.22. The van der Waals surface area contributed by atoms with Gasteiger partial charge >= 0.3 is 0 Å². The highest BCUT2D eigenvalue weighted by Gasteiger charge is 2.24. The summed E-state index contributed by atoms with van der Waals surface area (Å²) in [6.45, 7) is 5.33. The Morgan fingerprint density at radius 1 is 1.50 bits per heavy atom. The minimum Gasteiger partial charge on any atom is -0.394 e. The van der Waals surface area contributed by atoms with Gasteiger partial charge in [-0.15, -0.1) is 0 Å². The van der Waals surface area contributed by atoms with Gasteiger partial charge in [0.05, 0.1) is 18.3 Å². The maximum atomic E-state index is 11.8. The van der Waals surface area contributed by atoms with Crippen LogP contribution in [0, 0.1) is 5.41 Å². The molecule has 0 spiro atoms. The minimum atomic E-state index is -0.470. The molecule has 1 aromatic heterocycles. The summed E-state index contributed by atoms with van der Waals surface area (Å²) in [5, 5.41) is 12.0. The van der Waals surface area contributed by atoms with E-state index in [0.717, 1.165) is 0 Å². The van der Waals surface area contributed by atoms with Gasteiger partial charge < -0.3 is 10.4 Å². The Labute approximate surface area is 95.7 Å². The maximum absolute atomic E-state index is 11.8. The molecule has 1 rings (SSSR count). The number of rotatable bonds is 3. The number of carbonyl (C=O) groups excluding carboxylic acids is 1. The second kappa shape index (κ2) is 5.07. The standard InChI is InChI=1S/C12H18N2O2/c1-12(2,3)11(16)14-10(8-15)9-6-4-5-7-13-9/h4-7,10,15H,8H2,1-3H3,(H,14,16). The first-order chi connectivity index (χ1) is 7.45. The molecule has 1 amide bonds. The summed E-state index contributed by atoms with van der Waals surface area (Å²) in [5.74, 6) is -0.0998. The van der Waals surface area contributed by atoms with Gasteiger partial charge in [-0.1, -0.05) is 26.8 Å². The summed E-state index contributed by atoms with van der Waals surface area (Å²) in [6.07, 6.45) is 1.64. The van der Waals surface area contributed by atoms with Crippen molar-refractivity contribution < 1.29 is 9.90 Å². The van der Waals surface area contributed by atoms with E-state index in [2.05, 4.69) is 10.3 Å². The van der Waals surface area contributed by atoms with Crippen molar-refractivity contribution in [3.8, 4) is 0 Å². The van der Waals surface area contributed by atoms with E-state index in [1.807, 2.05) is 26.8 Å². The zero-order chi connectivity index (χ0) is 12.2. The van der Waals surface area contributed by atoms with Crippen LogP contribution >= 0.6 is 0 Å². The third-order valence-electron chi connectivity index (χ3n) is 2.21. The van der Waals surface area contributed by atoms with Gasteiger partial charge in [-0.2, -0.15) is 0 Å². The van der Waals surface area contributed by atoms with Crippen LogP contribution in [0.25, 0.3) is 0 Å². The second-order valence-corrected chi connectivity index (χ2v) is 4.71. The highest BCUT2D eigenvalue weighted by atomic mass is 16.3. The number of aromatic nitrogens is 1. The average molecular weight is 222 g/mol. The number of aliphatic hydroxyl groups excluding tert-OH is 1. The third kappa shape index (κ3) is 3.31. The molecule has 4 heteroatoms. The summed E-state index contributed by atoms with van der Waals surface area (Å²) in [5.41, 5.74) is 0.199. The zero-order valence-corrected chi connectivity index (χ0v) is 9.90. The predicted molar refractivity (Wildman–Crippen MR) is 61.7 cm³/mol. The maximum Gasteiger partial charge on any atom is 0.225 e. The highest BCUT2D eigenvalue weighted by molar-refractivity contribution is 5.81. The van der Waals surface area contributed by atoms with Crippen LogP contribution in [0.5, 0.6) is 0 Å². The van der Waals surface area contributed by atoms with Gasteiger partial charge in [-0.05, 0) is 12.1 Å². The fourth-order valence-electron chi connectivity index (χ4n) is 1.17. The Morgan fingerprint density at radius 3 is 2.62 bits per heavy atom. The Hall–Kier alpha value is -1.42. The van der Waals surface area contributed by atoms with Gasteiger partial charge in [0.15, 0.2) is 0 Å². The fourth-order valence-corrected chi connectivity index (χ4v) is 1.17. The number of amides is 1. The Balaban J connectivity index is 2.75. The Morgan fingerprint density at radius 2 is 2.19 bits per heavy atom. The minimum absolute atomic E-state index is 0.0998. The molecule has 1 unspecified atom stereocenters. The molecule has 0 bridgehead atoms. The molecule has 88 valence electrons.